The van der Waals surface area contributed by atoms with E-state index in [1.165, 1.54) is 11.1 Å². The van der Waals surface area contributed by atoms with E-state index >= 15 is 0 Å². The van der Waals surface area contributed by atoms with Crippen LogP contribution in [0.4, 0.5) is 0 Å². The van der Waals surface area contributed by atoms with Gasteiger partial charge in [-0.25, -0.2) is 0 Å². The number of esters is 1. The number of likely N-dealkylation sites (tertiary alicyclic amines) is 1. The fraction of sp³-hybridized carbons (Fsp3) is 0.429. The van der Waals surface area contributed by atoms with E-state index < -0.39 is 5.41 Å². The molecule has 0 amide bonds. The van der Waals surface area contributed by atoms with Crippen molar-refractivity contribution in [1.82, 2.24) is 9.88 Å². The average Bonchev–Trinajstić information content (AvgIpc) is 2.64. The van der Waals surface area contributed by atoms with Crippen molar-refractivity contribution < 1.29 is 9.53 Å². The fourth-order valence-corrected chi connectivity index (χ4v) is 3.76. The van der Waals surface area contributed by atoms with E-state index in [9.17, 15) is 4.79 Å². The van der Waals surface area contributed by atoms with Crippen LogP contribution in [0.15, 0.2) is 54.9 Å². The molecule has 1 saturated heterocycles. The molecule has 0 N–H and O–H groups in total. The summed E-state index contributed by atoms with van der Waals surface area (Å²) < 4.78 is 5.48. The molecule has 2 aromatic rings. The molecule has 0 spiro atoms. The molecule has 0 saturated carbocycles. The molecule has 1 aliphatic heterocycles. The Morgan fingerprint density at radius 2 is 1.92 bits per heavy atom. The van der Waals surface area contributed by atoms with Gasteiger partial charge in [0.2, 0.25) is 0 Å². The molecule has 4 heteroatoms. The van der Waals surface area contributed by atoms with Crippen LogP contribution in [0.3, 0.4) is 0 Å². The van der Waals surface area contributed by atoms with Gasteiger partial charge in [-0.05, 0) is 56.0 Å². The molecule has 4 nitrogen and oxygen atoms in total. The molecule has 1 aromatic heterocycles. The van der Waals surface area contributed by atoms with Gasteiger partial charge in [-0.2, -0.15) is 0 Å². The zero-order chi connectivity index (χ0) is 17.5. The van der Waals surface area contributed by atoms with E-state index in [2.05, 4.69) is 22.0 Å². The molecule has 1 aromatic carbocycles. The number of hydrogen-bond acceptors (Lipinski definition) is 4. The van der Waals surface area contributed by atoms with Crippen LogP contribution in [0, 0.1) is 5.41 Å². The number of pyridine rings is 1. The van der Waals surface area contributed by atoms with Crippen LogP contribution < -0.4 is 0 Å². The van der Waals surface area contributed by atoms with Gasteiger partial charge >= 0.3 is 5.97 Å². The highest BCUT2D eigenvalue weighted by atomic mass is 16.5. The maximum atomic E-state index is 12.9. The molecule has 1 atom stereocenters. The van der Waals surface area contributed by atoms with Gasteiger partial charge in [-0.1, -0.05) is 30.3 Å². The first-order chi connectivity index (χ1) is 12.2. The molecule has 1 fully saturated rings. The first-order valence-electron chi connectivity index (χ1n) is 9.04. The lowest BCUT2D eigenvalue weighted by Crippen LogP contribution is -2.49. The number of piperidine rings is 1. The van der Waals surface area contributed by atoms with Crippen LogP contribution in [0.1, 0.15) is 30.9 Å². The second kappa shape index (κ2) is 8.26. The Kier molecular flexibility index (Phi) is 5.82. The van der Waals surface area contributed by atoms with Gasteiger partial charge in [0, 0.05) is 25.5 Å². The Morgan fingerprint density at radius 1 is 1.16 bits per heavy atom. The predicted octanol–water partition coefficient (Wildman–Crippen LogP) is 3.47. The summed E-state index contributed by atoms with van der Waals surface area (Å²) >= 11 is 0. The average molecular weight is 338 g/mol. The smallest absolute Gasteiger partial charge is 0.313 e. The summed E-state index contributed by atoms with van der Waals surface area (Å²) in [7, 11) is 0. The van der Waals surface area contributed by atoms with E-state index in [4.69, 9.17) is 4.74 Å². The summed E-state index contributed by atoms with van der Waals surface area (Å²) in [6, 6.07) is 14.4. The van der Waals surface area contributed by atoms with E-state index in [0.717, 1.165) is 38.9 Å². The topological polar surface area (TPSA) is 42.4 Å². The number of carbonyl (C=O) groups is 1. The SMILES string of the molecule is CCOC(=O)[C@@]1(Cc2ccccc2)CCCN(Cc2ccncc2)C1. The van der Waals surface area contributed by atoms with Crippen LogP contribution in [-0.2, 0) is 22.5 Å². The summed E-state index contributed by atoms with van der Waals surface area (Å²) in [5, 5.41) is 0. The standard InChI is InChI=1S/C21H26N2O2/c1-2-25-20(24)21(15-18-7-4-3-5-8-18)11-6-14-23(17-21)16-19-9-12-22-13-10-19/h3-5,7-10,12-13H,2,6,11,14-17H2,1H3/t21-/m1/s1. The number of benzene rings is 1. The highest BCUT2D eigenvalue weighted by Crippen LogP contribution is 2.35. The minimum atomic E-state index is -0.456. The molecule has 1 aliphatic rings. The summed E-state index contributed by atoms with van der Waals surface area (Å²) in [5.41, 5.74) is 1.97. The van der Waals surface area contributed by atoms with Crippen LogP contribution in [-0.4, -0.2) is 35.5 Å². The van der Waals surface area contributed by atoms with Gasteiger partial charge in [0.1, 0.15) is 0 Å². The van der Waals surface area contributed by atoms with E-state index in [-0.39, 0.29) is 5.97 Å². The third kappa shape index (κ3) is 4.45. The van der Waals surface area contributed by atoms with Gasteiger partial charge in [0.25, 0.3) is 0 Å². The number of rotatable bonds is 6. The molecule has 2 heterocycles. The molecule has 0 bridgehead atoms. The lowest BCUT2D eigenvalue weighted by Gasteiger charge is -2.41. The minimum Gasteiger partial charge on any atom is -0.466 e. The third-order valence-corrected chi connectivity index (χ3v) is 4.91. The number of nitrogens with zero attached hydrogens (tertiary/aromatic N) is 2. The second-order valence-electron chi connectivity index (χ2n) is 6.83. The van der Waals surface area contributed by atoms with Gasteiger partial charge in [0.05, 0.1) is 12.0 Å². The van der Waals surface area contributed by atoms with Crippen molar-refractivity contribution in [2.24, 2.45) is 5.41 Å². The summed E-state index contributed by atoms with van der Waals surface area (Å²) in [6.45, 7) is 4.91. The van der Waals surface area contributed by atoms with Crippen molar-refractivity contribution in [3.63, 3.8) is 0 Å². The lowest BCUT2D eigenvalue weighted by molar-refractivity contribution is -0.159. The molecular formula is C21H26N2O2. The summed E-state index contributed by atoms with van der Waals surface area (Å²) in [4.78, 5) is 19.3. The number of carbonyl (C=O) groups excluding carboxylic acids is 1. The quantitative estimate of drug-likeness (QED) is 0.757. The van der Waals surface area contributed by atoms with Gasteiger partial charge in [-0.15, -0.1) is 0 Å². The fourth-order valence-electron chi connectivity index (χ4n) is 3.76. The maximum absolute atomic E-state index is 12.9. The van der Waals surface area contributed by atoms with E-state index in [1.807, 2.05) is 49.6 Å². The van der Waals surface area contributed by atoms with Crippen LogP contribution >= 0.6 is 0 Å². The van der Waals surface area contributed by atoms with E-state index in [1.54, 1.807) is 0 Å². The summed E-state index contributed by atoms with van der Waals surface area (Å²) in [5.74, 6) is -0.0571. The van der Waals surface area contributed by atoms with Gasteiger partial charge in [-0.3, -0.25) is 14.7 Å². The monoisotopic (exact) mass is 338 g/mol. The largest absolute Gasteiger partial charge is 0.466 e. The van der Waals surface area contributed by atoms with Crippen molar-refractivity contribution in [2.75, 3.05) is 19.7 Å². The normalized spacial score (nSPS) is 21.0. The molecule has 132 valence electrons. The Morgan fingerprint density at radius 3 is 2.64 bits per heavy atom. The predicted molar refractivity (Wildman–Crippen MR) is 98.0 cm³/mol. The Balaban J connectivity index is 1.79. The number of aromatic nitrogens is 1. The molecule has 3 rings (SSSR count). The van der Waals surface area contributed by atoms with Crippen LogP contribution in [0.2, 0.25) is 0 Å². The van der Waals surface area contributed by atoms with Crippen molar-refractivity contribution >= 4 is 5.97 Å². The highest BCUT2D eigenvalue weighted by molar-refractivity contribution is 5.77. The molecule has 0 aliphatic carbocycles. The first-order valence-corrected chi connectivity index (χ1v) is 9.04. The summed E-state index contributed by atoms with van der Waals surface area (Å²) in [6.07, 6.45) is 6.27. The van der Waals surface area contributed by atoms with Crippen LogP contribution in [0.5, 0.6) is 0 Å². The van der Waals surface area contributed by atoms with E-state index in [0.29, 0.717) is 6.61 Å². The molecule has 25 heavy (non-hydrogen) atoms. The highest BCUT2D eigenvalue weighted by Gasteiger charge is 2.43. The van der Waals surface area contributed by atoms with Crippen LogP contribution in [0.25, 0.3) is 0 Å². The zero-order valence-electron chi connectivity index (χ0n) is 14.9. The number of ether oxygens (including phenoxy) is 1. The van der Waals surface area contributed by atoms with Crippen molar-refractivity contribution in [1.29, 1.82) is 0 Å². The Hall–Kier alpha value is -2.20. The third-order valence-electron chi connectivity index (χ3n) is 4.91. The van der Waals surface area contributed by atoms with Crippen molar-refractivity contribution in [3.05, 3.63) is 66.0 Å². The van der Waals surface area contributed by atoms with Crippen molar-refractivity contribution in [3.8, 4) is 0 Å². The Labute approximate surface area is 149 Å². The Bertz CT molecular complexity index is 675. The molecular weight excluding hydrogens is 312 g/mol. The number of hydrogen-bond donors (Lipinski definition) is 0. The van der Waals surface area contributed by atoms with Gasteiger partial charge in [0.15, 0.2) is 0 Å². The second-order valence-corrected chi connectivity index (χ2v) is 6.83. The zero-order valence-corrected chi connectivity index (χ0v) is 14.9. The minimum absolute atomic E-state index is 0.0571. The lowest BCUT2D eigenvalue weighted by atomic mass is 9.75. The molecule has 0 radical (unpaired) electrons. The van der Waals surface area contributed by atoms with Crippen molar-refractivity contribution in [2.45, 2.75) is 32.7 Å². The first kappa shape index (κ1) is 17.6. The van der Waals surface area contributed by atoms with Gasteiger partial charge < -0.3 is 4.74 Å². The maximum Gasteiger partial charge on any atom is 0.313 e. The molecule has 0 unspecified atom stereocenters.